The molecule has 0 aromatic carbocycles. The van der Waals surface area contributed by atoms with Crippen LogP contribution in [0.15, 0.2) is 0 Å². The maximum atomic E-state index is 9.22. The van der Waals surface area contributed by atoms with Crippen molar-refractivity contribution in [3.63, 3.8) is 0 Å². The highest BCUT2D eigenvalue weighted by atomic mass is 16.5. The lowest BCUT2D eigenvalue weighted by molar-refractivity contribution is 0.00294. The Morgan fingerprint density at radius 1 is 0.654 bits per heavy atom. The summed E-state index contributed by atoms with van der Waals surface area (Å²) in [5.74, 6) is 3.27. The molecule has 0 aromatic heterocycles. The standard InChI is InChI=1S/C23H48O3/c1-19(2)9-6-10-20(3)11-7-12-21(4)13-8-14-22(5)15-16-26-18-23(25)17-24/h19-25H,6-18H2,1-5H3. The van der Waals surface area contributed by atoms with E-state index in [2.05, 4.69) is 34.6 Å². The van der Waals surface area contributed by atoms with Gasteiger partial charge >= 0.3 is 0 Å². The molecule has 0 rings (SSSR count). The Labute approximate surface area is 163 Å². The summed E-state index contributed by atoms with van der Waals surface area (Å²) in [5.41, 5.74) is 0. The van der Waals surface area contributed by atoms with E-state index in [4.69, 9.17) is 9.84 Å². The summed E-state index contributed by atoms with van der Waals surface area (Å²) in [6.45, 7) is 12.5. The third-order valence-corrected chi connectivity index (χ3v) is 5.54. The summed E-state index contributed by atoms with van der Waals surface area (Å²) in [6.07, 6.45) is 12.6. The van der Waals surface area contributed by atoms with Gasteiger partial charge in [0.15, 0.2) is 0 Å². The second kappa shape index (κ2) is 17.0. The first-order valence-corrected chi connectivity index (χ1v) is 11.2. The average Bonchev–Trinajstić information content (AvgIpc) is 2.58. The first-order chi connectivity index (χ1) is 12.3. The van der Waals surface area contributed by atoms with Crippen LogP contribution in [0, 0.1) is 23.7 Å². The van der Waals surface area contributed by atoms with E-state index in [-0.39, 0.29) is 13.2 Å². The molecule has 0 heterocycles. The topological polar surface area (TPSA) is 49.7 Å². The molecule has 3 nitrogen and oxygen atoms in total. The summed E-state index contributed by atoms with van der Waals surface area (Å²) in [6, 6.07) is 0. The number of aliphatic hydroxyl groups is 2. The number of ether oxygens (including phenoxy) is 1. The van der Waals surface area contributed by atoms with Crippen LogP contribution in [0.3, 0.4) is 0 Å². The summed E-state index contributed by atoms with van der Waals surface area (Å²) < 4.78 is 5.39. The Kier molecular flexibility index (Phi) is 16.9. The van der Waals surface area contributed by atoms with Gasteiger partial charge in [-0.2, -0.15) is 0 Å². The van der Waals surface area contributed by atoms with E-state index >= 15 is 0 Å². The Bertz CT molecular complexity index is 293. The molecule has 0 aromatic rings. The lowest BCUT2D eigenvalue weighted by atomic mass is 9.91. The molecule has 2 N–H and O–H groups in total. The van der Waals surface area contributed by atoms with E-state index in [1.54, 1.807) is 0 Å². The molecule has 0 radical (unpaired) electrons. The number of rotatable bonds is 18. The van der Waals surface area contributed by atoms with Crippen LogP contribution in [-0.4, -0.2) is 36.1 Å². The maximum Gasteiger partial charge on any atom is 0.100 e. The van der Waals surface area contributed by atoms with Crippen molar-refractivity contribution < 1.29 is 14.9 Å². The summed E-state index contributed by atoms with van der Waals surface area (Å²) in [7, 11) is 0. The molecular formula is C23H48O3. The zero-order chi connectivity index (χ0) is 19.8. The lowest BCUT2D eigenvalue weighted by Crippen LogP contribution is -2.20. The average molecular weight is 373 g/mol. The molecule has 158 valence electrons. The van der Waals surface area contributed by atoms with Crippen LogP contribution in [0.5, 0.6) is 0 Å². The highest BCUT2D eigenvalue weighted by molar-refractivity contribution is 4.61. The molecule has 0 aliphatic rings. The van der Waals surface area contributed by atoms with Crippen molar-refractivity contribution in [2.24, 2.45) is 23.7 Å². The normalized spacial score (nSPS) is 16.6. The first-order valence-electron chi connectivity index (χ1n) is 11.2. The van der Waals surface area contributed by atoms with E-state index in [0.717, 1.165) is 24.2 Å². The molecule has 0 saturated carbocycles. The molecule has 4 atom stereocenters. The van der Waals surface area contributed by atoms with Gasteiger partial charge in [0.05, 0.1) is 13.2 Å². The van der Waals surface area contributed by atoms with Gasteiger partial charge in [0.25, 0.3) is 0 Å². The van der Waals surface area contributed by atoms with Crippen molar-refractivity contribution in [3.8, 4) is 0 Å². The van der Waals surface area contributed by atoms with Gasteiger partial charge in [-0.1, -0.05) is 92.4 Å². The minimum absolute atomic E-state index is 0.218. The van der Waals surface area contributed by atoms with Crippen molar-refractivity contribution >= 4 is 0 Å². The predicted octanol–water partition coefficient (Wildman–Crippen LogP) is 5.82. The fraction of sp³-hybridized carbons (Fsp3) is 1.00. The van der Waals surface area contributed by atoms with Gasteiger partial charge in [0.2, 0.25) is 0 Å². The minimum Gasteiger partial charge on any atom is -0.394 e. The van der Waals surface area contributed by atoms with Gasteiger partial charge in [0.1, 0.15) is 6.10 Å². The highest BCUT2D eigenvalue weighted by Gasteiger charge is 2.08. The van der Waals surface area contributed by atoms with Gasteiger partial charge in [-0.25, -0.2) is 0 Å². The van der Waals surface area contributed by atoms with Crippen LogP contribution < -0.4 is 0 Å². The molecule has 0 aliphatic heterocycles. The Hall–Kier alpha value is -0.120. The van der Waals surface area contributed by atoms with E-state index in [1.165, 1.54) is 57.8 Å². The fourth-order valence-corrected chi connectivity index (χ4v) is 3.49. The highest BCUT2D eigenvalue weighted by Crippen LogP contribution is 2.22. The molecule has 0 aliphatic carbocycles. The van der Waals surface area contributed by atoms with Crippen LogP contribution in [0.1, 0.15) is 98.8 Å². The fourth-order valence-electron chi connectivity index (χ4n) is 3.49. The molecule has 0 bridgehead atoms. The zero-order valence-electron chi connectivity index (χ0n) is 18.4. The summed E-state index contributed by atoms with van der Waals surface area (Å²) in [4.78, 5) is 0. The number of hydrogen-bond acceptors (Lipinski definition) is 3. The largest absolute Gasteiger partial charge is 0.394 e. The predicted molar refractivity (Wildman–Crippen MR) is 112 cm³/mol. The van der Waals surface area contributed by atoms with Crippen molar-refractivity contribution in [3.05, 3.63) is 0 Å². The summed E-state index contributed by atoms with van der Waals surface area (Å²) >= 11 is 0. The molecule has 0 saturated heterocycles. The van der Waals surface area contributed by atoms with Gasteiger partial charge in [-0.15, -0.1) is 0 Å². The monoisotopic (exact) mass is 372 g/mol. The maximum absolute atomic E-state index is 9.22. The van der Waals surface area contributed by atoms with Crippen molar-refractivity contribution in [2.75, 3.05) is 19.8 Å². The molecule has 4 unspecified atom stereocenters. The molecule has 0 amide bonds. The Morgan fingerprint density at radius 2 is 1.08 bits per heavy atom. The van der Waals surface area contributed by atoms with Gasteiger partial charge in [-0.05, 0) is 30.1 Å². The molecule has 0 spiro atoms. The van der Waals surface area contributed by atoms with Crippen LogP contribution in [-0.2, 0) is 4.74 Å². The van der Waals surface area contributed by atoms with Crippen LogP contribution in [0.25, 0.3) is 0 Å². The first kappa shape index (κ1) is 25.9. The molecule has 0 fully saturated rings. The number of hydrogen-bond donors (Lipinski definition) is 2. The second-order valence-corrected chi connectivity index (χ2v) is 9.20. The van der Waals surface area contributed by atoms with Crippen molar-refractivity contribution in [1.29, 1.82) is 0 Å². The SMILES string of the molecule is CC(C)CCCC(C)CCCC(C)CCCC(C)CCOCC(O)CO. The van der Waals surface area contributed by atoms with Crippen molar-refractivity contribution in [1.82, 2.24) is 0 Å². The molecular weight excluding hydrogens is 324 g/mol. The van der Waals surface area contributed by atoms with Crippen LogP contribution >= 0.6 is 0 Å². The second-order valence-electron chi connectivity index (χ2n) is 9.20. The smallest absolute Gasteiger partial charge is 0.100 e. The van der Waals surface area contributed by atoms with E-state index < -0.39 is 6.10 Å². The molecule has 3 heteroatoms. The van der Waals surface area contributed by atoms with Gasteiger partial charge in [-0.3, -0.25) is 0 Å². The Balaban J connectivity index is 3.51. The van der Waals surface area contributed by atoms with Crippen LogP contribution in [0.2, 0.25) is 0 Å². The molecule has 26 heavy (non-hydrogen) atoms. The van der Waals surface area contributed by atoms with Crippen LogP contribution in [0.4, 0.5) is 0 Å². The number of aliphatic hydroxyl groups excluding tert-OH is 2. The van der Waals surface area contributed by atoms with Crippen molar-refractivity contribution in [2.45, 2.75) is 105 Å². The van der Waals surface area contributed by atoms with E-state index in [0.29, 0.717) is 12.5 Å². The third-order valence-electron chi connectivity index (χ3n) is 5.54. The van der Waals surface area contributed by atoms with E-state index in [1.807, 2.05) is 0 Å². The van der Waals surface area contributed by atoms with E-state index in [9.17, 15) is 5.11 Å². The van der Waals surface area contributed by atoms with Gasteiger partial charge < -0.3 is 14.9 Å². The lowest BCUT2D eigenvalue weighted by Gasteiger charge is -2.16. The summed E-state index contributed by atoms with van der Waals surface area (Å²) in [5, 5.41) is 18.0. The minimum atomic E-state index is -0.732. The third kappa shape index (κ3) is 17.3. The zero-order valence-corrected chi connectivity index (χ0v) is 18.4. The quantitative estimate of drug-likeness (QED) is 0.298. The Morgan fingerprint density at radius 3 is 1.50 bits per heavy atom. The van der Waals surface area contributed by atoms with Gasteiger partial charge in [0, 0.05) is 6.61 Å².